The Hall–Kier alpha value is -3.42. The summed E-state index contributed by atoms with van der Waals surface area (Å²) in [5.74, 6) is 1.32. The summed E-state index contributed by atoms with van der Waals surface area (Å²) in [5.41, 5.74) is 5.43. The average Bonchev–Trinajstić information content (AvgIpc) is 3.58. The highest BCUT2D eigenvalue weighted by Crippen LogP contribution is 2.37. The second kappa shape index (κ2) is 9.68. The average molecular weight is 476 g/mol. The van der Waals surface area contributed by atoms with Crippen LogP contribution < -0.4 is 15.4 Å². The van der Waals surface area contributed by atoms with Gasteiger partial charge in [0.15, 0.2) is 0 Å². The van der Waals surface area contributed by atoms with Gasteiger partial charge in [-0.05, 0) is 70.4 Å². The van der Waals surface area contributed by atoms with Gasteiger partial charge in [-0.2, -0.15) is 0 Å². The molecule has 2 saturated carbocycles. The van der Waals surface area contributed by atoms with E-state index >= 15 is 0 Å². The van der Waals surface area contributed by atoms with E-state index in [9.17, 15) is 9.59 Å². The summed E-state index contributed by atoms with van der Waals surface area (Å²) >= 11 is 0. The number of nitrogens with one attached hydrogen (secondary N) is 3. The van der Waals surface area contributed by atoms with Crippen molar-refractivity contribution in [3.05, 3.63) is 41.3 Å². The van der Waals surface area contributed by atoms with Crippen LogP contribution in [0.25, 0.3) is 22.3 Å². The number of hydrogen-bond donors (Lipinski definition) is 3. The molecule has 0 aliphatic heterocycles. The van der Waals surface area contributed by atoms with Gasteiger partial charge in [-0.1, -0.05) is 11.6 Å². The fourth-order valence-corrected chi connectivity index (χ4v) is 4.98. The molecular weight excluding hydrogens is 442 g/mol. The third-order valence-electron chi connectivity index (χ3n) is 7.03. The Bertz CT molecular complexity index is 1260. The molecule has 2 aromatic heterocycles. The van der Waals surface area contributed by atoms with Gasteiger partial charge in [0.1, 0.15) is 23.3 Å². The zero-order chi connectivity index (χ0) is 24.5. The number of rotatable bonds is 7. The van der Waals surface area contributed by atoms with Crippen molar-refractivity contribution in [3.8, 4) is 17.0 Å². The number of benzene rings is 1. The lowest BCUT2D eigenvalue weighted by Gasteiger charge is -2.29. The summed E-state index contributed by atoms with van der Waals surface area (Å²) < 4.78 is 6.16. The largest absolute Gasteiger partial charge is 0.493 e. The molecule has 0 saturated heterocycles. The van der Waals surface area contributed by atoms with Crippen LogP contribution in [0, 0.1) is 19.8 Å². The van der Waals surface area contributed by atoms with E-state index in [0.717, 1.165) is 59.5 Å². The lowest BCUT2D eigenvalue weighted by molar-refractivity contribution is -0.119. The Morgan fingerprint density at radius 2 is 1.74 bits per heavy atom. The van der Waals surface area contributed by atoms with Crippen molar-refractivity contribution >= 4 is 22.8 Å². The van der Waals surface area contributed by atoms with E-state index in [-0.39, 0.29) is 23.9 Å². The van der Waals surface area contributed by atoms with Gasteiger partial charge in [0.05, 0.1) is 17.7 Å². The monoisotopic (exact) mass is 475 g/mol. The number of aryl methyl sites for hydroxylation is 2. The molecule has 2 aliphatic rings. The van der Waals surface area contributed by atoms with Crippen molar-refractivity contribution < 1.29 is 14.3 Å². The Balaban J connectivity index is 1.40. The Labute approximate surface area is 205 Å². The molecule has 184 valence electrons. The molecule has 2 heterocycles. The standard InChI is InChI=1S/C27H33N5O3/c1-15-4-11-22(35-13-18-5-6-18)21(12-15)24-26-25(29-14-28-24)23(16(2)30-26)27(34)32-20-9-7-19(8-10-20)31-17(3)33/h4,11-12,14,18-20,30H,5-10,13H2,1-3H3,(H,31,33)(H,32,34)/t19-,20+. The maximum atomic E-state index is 13.3. The van der Waals surface area contributed by atoms with Crippen LogP contribution in [-0.2, 0) is 4.79 Å². The highest BCUT2D eigenvalue weighted by molar-refractivity contribution is 6.09. The second-order valence-corrected chi connectivity index (χ2v) is 10.0. The molecule has 0 radical (unpaired) electrons. The van der Waals surface area contributed by atoms with Gasteiger partial charge in [0.2, 0.25) is 5.91 Å². The van der Waals surface area contributed by atoms with Crippen LogP contribution in [0.3, 0.4) is 0 Å². The lowest BCUT2D eigenvalue weighted by Crippen LogP contribution is -2.43. The topological polar surface area (TPSA) is 109 Å². The maximum Gasteiger partial charge on any atom is 0.255 e. The van der Waals surface area contributed by atoms with Crippen LogP contribution in [0.15, 0.2) is 24.5 Å². The minimum Gasteiger partial charge on any atom is -0.493 e. The predicted molar refractivity (Wildman–Crippen MR) is 134 cm³/mol. The smallest absolute Gasteiger partial charge is 0.255 e. The van der Waals surface area contributed by atoms with E-state index < -0.39 is 0 Å². The van der Waals surface area contributed by atoms with Crippen LogP contribution >= 0.6 is 0 Å². The molecular formula is C27H33N5O3. The highest BCUT2D eigenvalue weighted by Gasteiger charge is 2.27. The number of nitrogens with zero attached hydrogens (tertiary/aromatic N) is 2. The van der Waals surface area contributed by atoms with Crippen LogP contribution in [0.1, 0.15) is 67.1 Å². The molecule has 3 N–H and O–H groups in total. The third kappa shape index (κ3) is 5.16. The third-order valence-corrected chi connectivity index (χ3v) is 7.03. The van der Waals surface area contributed by atoms with Crippen molar-refractivity contribution in [1.82, 2.24) is 25.6 Å². The zero-order valence-corrected chi connectivity index (χ0v) is 20.6. The quantitative estimate of drug-likeness (QED) is 0.474. The molecule has 0 spiro atoms. The van der Waals surface area contributed by atoms with E-state index in [2.05, 4.69) is 31.7 Å². The van der Waals surface area contributed by atoms with Gasteiger partial charge >= 0.3 is 0 Å². The molecule has 2 fully saturated rings. The van der Waals surface area contributed by atoms with Gasteiger partial charge in [-0.15, -0.1) is 0 Å². The first-order chi connectivity index (χ1) is 16.9. The minimum atomic E-state index is -0.129. The van der Waals surface area contributed by atoms with Crippen LogP contribution in [0.5, 0.6) is 5.75 Å². The van der Waals surface area contributed by atoms with Crippen molar-refractivity contribution in [2.45, 2.75) is 71.4 Å². The summed E-state index contributed by atoms with van der Waals surface area (Å²) in [6.45, 7) is 6.20. The summed E-state index contributed by atoms with van der Waals surface area (Å²) in [6, 6.07) is 6.40. The van der Waals surface area contributed by atoms with Gasteiger partial charge < -0.3 is 20.4 Å². The number of ether oxygens (including phenoxy) is 1. The molecule has 8 nitrogen and oxygen atoms in total. The van der Waals surface area contributed by atoms with Crippen LogP contribution in [0.2, 0.25) is 0 Å². The van der Waals surface area contributed by atoms with Crippen molar-refractivity contribution in [3.63, 3.8) is 0 Å². The molecule has 0 bridgehead atoms. The predicted octanol–water partition coefficient (Wildman–Crippen LogP) is 4.21. The second-order valence-electron chi connectivity index (χ2n) is 10.0. The molecule has 2 aliphatic carbocycles. The zero-order valence-electron chi connectivity index (χ0n) is 20.6. The van der Waals surface area contributed by atoms with Gasteiger partial charge in [0.25, 0.3) is 5.91 Å². The Morgan fingerprint density at radius 3 is 2.43 bits per heavy atom. The molecule has 0 atom stereocenters. The number of carbonyl (C=O) groups is 2. The van der Waals surface area contributed by atoms with Crippen molar-refractivity contribution in [2.75, 3.05) is 6.61 Å². The fraction of sp³-hybridized carbons (Fsp3) is 0.481. The maximum absolute atomic E-state index is 13.3. The lowest BCUT2D eigenvalue weighted by atomic mass is 9.91. The number of hydrogen-bond acceptors (Lipinski definition) is 5. The first-order valence-electron chi connectivity index (χ1n) is 12.5. The Kier molecular flexibility index (Phi) is 6.45. The molecule has 35 heavy (non-hydrogen) atoms. The van der Waals surface area contributed by atoms with E-state index in [1.807, 2.05) is 26.0 Å². The number of amides is 2. The fourth-order valence-electron chi connectivity index (χ4n) is 4.98. The number of carbonyl (C=O) groups excluding carboxylic acids is 2. The molecule has 8 heteroatoms. The van der Waals surface area contributed by atoms with E-state index in [4.69, 9.17) is 4.74 Å². The summed E-state index contributed by atoms with van der Waals surface area (Å²) in [7, 11) is 0. The number of H-pyrrole nitrogens is 1. The molecule has 1 aromatic carbocycles. The van der Waals surface area contributed by atoms with Gasteiger partial charge in [0, 0.05) is 30.3 Å². The first kappa shape index (κ1) is 23.3. The Morgan fingerprint density at radius 1 is 1.03 bits per heavy atom. The van der Waals surface area contributed by atoms with Gasteiger partial charge in [-0.25, -0.2) is 9.97 Å². The minimum absolute atomic E-state index is 0.00269. The molecule has 0 unspecified atom stereocenters. The summed E-state index contributed by atoms with van der Waals surface area (Å²) in [6.07, 6.45) is 7.37. The van der Waals surface area contributed by atoms with Gasteiger partial charge in [-0.3, -0.25) is 9.59 Å². The number of aromatic nitrogens is 3. The first-order valence-corrected chi connectivity index (χ1v) is 12.5. The van der Waals surface area contributed by atoms with Crippen molar-refractivity contribution in [1.29, 1.82) is 0 Å². The number of fused-ring (bicyclic) bond motifs is 1. The SMILES string of the molecule is CC(=O)N[C@H]1CC[C@@H](NC(=O)c2c(C)[nH]c3c(-c4cc(C)ccc4OCC4CC4)ncnc23)CC1. The highest BCUT2D eigenvalue weighted by atomic mass is 16.5. The summed E-state index contributed by atoms with van der Waals surface area (Å²) in [5, 5.41) is 6.17. The van der Waals surface area contributed by atoms with Crippen LogP contribution in [-0.4, -0.2) is 45.5 Å². The van der Waals surface area contributed by atoms with Crippen molar-refractivity contribution in [2.24, 2.45) is 5.92 Å². The van der Waals surface area contributed by atoms with Crippen LogP contribution in [0.4, 0.5) is 0 Å². The molecule has 5 rings (SSSR count). The normalized spacial score (nSPS) is 20.0. The molecule has 2 amide bonds. The molecule has 3 aromatic rings. The number of aromatic amines is 1. The summed E-state index contributed by atoms with van der Waals surface area (Å²) in [4.78, 5) is 37.1. The van der Waals surface area contributed by atoms with E-state index in [0.29, 0.717) is 23.6 Å². The van der Waals surface area contributed by atoms with E-state index in [1.54, 1.807) is 6.92 Å². The van der Waals surface area contributed by atoms with E-state index in [1.165, 1.54) is 19.2 Å².